The molecule has 0 rings (SSSR count). The lowest BCUT2D eigenvalue weighted by Gasteiger charge is -2.26. The van der Waals surface area contributed by atoms with Gasteiger partial charge in [0.15, 0.2) is 0 Å². The highest BCUT2D eigenvalue weighted by molar-refractivity contribution is 4.73. The fourth-order valence-electron chi connectivity index (χ4n) is 2.85. The summed E-state index contributed by atoms with van der Waals surface area (Å²) in [4.78, 5) is 2.54. The van der Waals surface area contributed by atoms with E-state index in [4.69, 9.17) is 0 Å². The van der Waals surface area contributed by atoms with Crippen LogP contribution in [0.1, 0.15) is 73.1 Å². The molecule has 0 amide bonds. The summed E-state index contributed by atoms with van der Waals surface area (Å²) < 4.78 is 0. The molecule has 0 aromatic heterocycles. The van der Waals surface area contributed by atoms with Crippen LogP contribution in [0.25, 0.3) is 0 Å². The van der Waals surface area contributed by atoms with Crippen LogP contribution in [-0.2, 0) is 0 Å². The Labute approximate surface area is 122 Å². The van der Waals surface area contributed by atoms with Crippen LogP contribution in [0.2, 0.25) is 0 Å². The summed E-state index contributed by atoms with van der Waals surface area (Å²) in [5.74, 6) is 0.917. The highest BCUT2D eigenvalue weighted by Crippen LogP contribution is 2.20. The van der Waals surface area contributed by atoms with Crippen LogP contribution in [0.4, 0.5) is 0 Å². The second kappa shape index (κ2) is 12.9. The number of rotatable bonds is 13. The van der Waals surface area contributed by atoms with E-state index in [0.717, 1.165) is 12.5 Å². The zero-order chi connectivity index (χ0) is 14.5. The van der Waals surface area contributed by atoms with Crippen LogP contribution in [0.3, 0.4) is 0 Å². The van der Waals surface area contributed by atoms with E-state index in [1.54, 1.807) is 0 Å². The van der Waals surface area contributed by atoms with Crippen LogP contribution in [0.15, 0.2) is 0 Å². The highest BCUT2D eigenvalue weighted by atomic mass is 15.1. The van der Waals surface area contributed by atoms with Gasteiger partial charge in [-0.1, -0.05) is 60.3 Å². The van der Waals surface area contributed by atoms with E-state index in [9.17, 15) is 0 Å². The maximum Gasteiger partial charge on any atom is 0.00817 e. The number of hydrogen-bond donors (Lipinski definition) is 1. The molecule has 2 unspecified atom stereocenters. The normalized spacial score (nSPS) is 14.8. The van der Waals surface area contributed by atoms with Gasteiger partial charge in [-0.15, -0.1) is 0 Å². The molecule has 2 heteroatoms. The third kappa shape index (κ3) is 9.45. The van der Waals surface area contributed by atoms with Gasteiger partial charge < -0.3 is 10.2 Å². The molecule has 2 atom stereocenters. The summed E-state index contributed by atoms with van der Waals surface area (Å²) in [7, 11) is 0. The zero-order valence-electron chi connectivity index (χ0n) is 14.2. The van der Waals surface area contributed by atoms with Crippen LogP contribution < -0.4 is 5.32 Å². The van der Waals surface area contributed by atoms with Crippen molar-refractivity contribution in [2.24, 2.45) is 5.92 Å². The van der Waals surface area contributed by atoms with E-state index in [2.05, 4.69) is 44.8 Å². The molecular weight excluding hydrogens is 232 g/mol. The van der Waals surface area contributed by atoms with Crippen molar-refractivity contribution >= 4 is 0 Å². The molecule has 0 fully saturated rings. The van der Waals surface area contributed by atoms with Crippen molar-refractivity contribution in [1.82, 2.24) is 10.2 Å². The van der Waals surface area contributed by atoms with Crippen molar-refractivity contribution in [3.63, 3.8) is 0 Å². The van der Waals surface area contributed by atoms with Crippen LogP contribution >= 0.6 is 0 Å². The number of nitrogens with zero attached hydrogens (tertiary/aromatic N) is 1. The Bertz CT molecular complexity index is 178. The predicted octanol–water partition coefficient (Wildman–Crippen LogP) is 4.30. The first-order valence-electron chi connectivity index (χ1n) is 8.67. The summed E-state index contributed by atoms with van der Waals surface area (Å²) in [6.45, 7) is 16.1. The standard InChI is InChI=1S/C17H38N2/c1-6-11-12-16(7-2)15-17(18-8-3)13-14-19(9-4)10-5/h16-18H,6-15H2,1-5H3. The van der Waals surface area contributed by atoms with Crippen molar-refractivity contribution in [3.8, 4) is 0 Å². The first-order chi connectivity index (χ1) is 9.21. The average Bonchev–Trinajstić information content (AvgIpc) is 2.44. The minimum Gasteiger partial charge on any atom is -0.314 e. The smallest absolute Gasteiger partial charge is 0.00817 e. The maximum absolute atomic E-state index is 3.70. The monoisotopic (exact) mass is 270 g/mol. The van der Waals surface area contributed by atoms with E-state index in [1.165, 1.54) is 58.2 Å². The second-order valence-corrected chi connectivity index (χ2v) is 5.72. The molecule has 116 valence electrons. The Morgan fingerprint density at radius 3 is 2.11 bits per heavy atom. The first kappa shape index (κ1) is 18.9. The van der Waals surface area contributed by atoms with Crippen molar-refractivity contribution in [2.45, 2.75) is 79.2 Å². The van der Waals surface area contributed by atoms with E-state index >= 15 is 0 Å². The topological polar surface area (TPSA) is 15.3 Å². The molecule has 0 bridgehead atoms. The molecular formula is C17H38N2. The van der Waals surface area contributed by atoms with Gasteiger partial charge in [0.2, 0.25) is 0 Å². The van der Waals surface area contributed by atoms with Gasteiger partial charge in [-0.25, -0.2) is 0 Å². The summed E-state index contributed by atoms with van der Waals surface area (Å²) in [5.41, 5.74) is 0. The highest BCUT2D eigenvalue weighted by Gasteiger charge is 2.15. The van der Waals surface area contributed by atoms with Crippen molar-refractivity contribution in [2.75, 3.05) is 26.2 Å². The third-order valence-corrected chi connectivity index (χ3v) is 4.34. The Morgan fingerprint density at radius 1 is 0.947 bits per heavy atom. The summed E-state index contributed by atoms with van der Waals surface area (Å²) >= 11 is 0. The van der Waals surface area contributed by atoms with E-state index in [1.807, 2.05) is 0 Å². The van der Waals surface area contributed by atoms with Gasteiger partial charge in [0.1, 0.15) is 0 Å². The van der Waals surface area contributed by atoms with Gasteiger partial charge in [-0.05, 0) is 44.9 Å². The molecule has 1 N–H and O–H groups in total. The number of hydrogen-bond acceptors (Lipinski definition) is 2. The largest absolute Gasteiger partial charge is 0.314 e. The molecule has 19 heavy (non-hydrogen) atoms. The minimum absolute atomic E-state index is 0.715. The molecule has 0 spiro atoms. The van der Waals surface area contributed by atoms with Gasteiger partial charge in [0.25, 0.3) is 0 Å². The molecule has 0 aromatic carbocycles. The van der Waals surface area contributed by atoms with Gasteiger partial charge in [-0.2, -0.15) is 0 Å². The molecule has 0 aliphatic rings. The predicted molar refractivity (Wildman–Crippen MR) is 87.8 cm³/mol. The average molecular weight is 271 g/mol. The fraction of sp³-hybridized carbons (Fsp3) is 1.00. The summed E-state index contributed by atoms with van der Waals surface area (Å²) in [6.07, 6.45) is 8.16. The second-order valence-electron chi connectivity index (χ2n) is 5.72. The lowest BCUT2D eigenvalue weighted by molar-refractivity contribution is 0.262. The van der Waals surface area contributed by atoms with Gasteiger partial charge in [-0.3, -0.25) is 0 Å². The molecule has 0 aliphatic carbocycles. The lowest BCUT2D eigenvalue weighted by Crippen LogP contribution is -2.35. The van der Waals surface area contributed by atoms with Gasteiger partial charge in [0, 0.05) is 6.04 Å². The van der Waals surface area contributed by atoms with Crippen molar-refractivity contribution < 1.29 is 0 Å². The quantitative estimate of drug-likeness (QED) is 0.537. The lowest BCUT2D eigenvalue weighted by atomic mass is 9.91. The summed E-state index contributed by atoms with van der Waals surface area (Å²) in [6, 6.07) is 0.715. The number of unbranched alkanes of at least 4 members (excludes halogenated alkanes) is 1. The van der Waals surface area contributed by atoms with Crippen molar-refractivity contribution in [1.29, 1.82) is 0 Å². The van der Waals surface area contributed by atoms with Gasteiger partial charge in [0.05, 0.1) is 0 Å². The molecule has 0 aromatic rings. The minimum atomic E-state index is 0.715. The summed E-state index contributed by atoms with van der Waals surface area (Å²) in [5, 5.41) is 3.70. The molecule has 0 saturated heterocycles. The Hall–Kier alpha value is -0.0800. The molecule has 2 nitrogen and oxygen atoms in total. The zero-order valence-corrected chi connectivity index (χ0v) is 14.2. The van der Waals surface area contributed by atoms with Crippen LogP contribution in [0, 0.1) is 5.92 Å². The molecule has 0 aliphatic heterocycles. The van der Waals surface area contributed by atoms with E-state index in [0.29, 0.717) is 6.04 Å². The molecule has 0 saturated carbocycles. The first-order valence-corrected chi connectivity index (χ1v) is 8.67. The third-order valence-electron chi connectivity index (χ3n) is 4.34. The molecule has 0 radical (unpaired) electrons. The Kier molecular flexibility index (Phi) is 12.9. The van der Waals surface area contributed by atoms with Gasteiger partial charge >= 0.3 is 0 Å². The Morgan fingerprint density at radius 2 is 1.63 bits per heavy atom. The SMILES string of the molecule is CCCCC(CC)CC(CCN(CC)CC)NCC. The van der Waals surface area contributed by atoms with E-state index < -0.39 is 0 Å². The van der Waals surface area contributed by atoms with E-state index in [-0.39, 0.29) is 0 Å². The van der Waals surface area contributed by atoms with Crippen LogP contribution in [0.5, 0.6) is 0 Å². The maximum atomic E-state index is 3.70. The van der Waals surface area contributed by atoms with Crippen LogP contribution in [-0.4, -0.2) is 37.1 Å². The molecule has 0 heterocycles. The van der Waals surface area contributed by atoms with Crippen molar-refractivity contribution in [3.05, 3.63) is 0 Å². The fourth-order valence-corrected chi connectivity index (χ4v) is 2.85. The number of nitrogens with one attached hydrogen (secondary N) is 1. The Balaban J connectivity index is 4.13.